The molecule has 13 heavy (non-hydrogen) atoms. The normalized spacial score (nSPS) is 21.6. The Morgan fingerprint density at radius 1 is 1.46 bits per heavy atom. The van der Waals surface area contributed by atoms with Crippen molar-refractivity contribution in [3.8, 4) is 0 Å². The molecule has 2 heteroatoms. The van der Waals surface area contributed by atoms with Crippen molar-refractivity contribution >= 4 is 16.7 Å². The molecule has 0 N–H and O–H groups in total. The molecule has 1 aliphatic heterocycles. The number of thioether (sulfide) groups is 1. The molecular formula is C11H13NS. The SMILES string of the molecule is CCC1CC=C(c2ccncc2)S1. The number of pyridine rings is 1. The number of nitrogens with zero attached hydrogens (tertiary/aromatic N) is 1. The van der Waals surface area contributed by atoms with Crippen LogP contribution < -0.4 is 0 Å². The second-order valence-electron chi connectivity index (χ2n) is 3.19. The fourth-order valence-electron chi connectivity index (χ4n) is 1.47. The Kier molecular flexibility index (Phi) is 2.69. The van der Waals surface area contributed by atoms with Crippen molar-refractivity contribution < 1.29 is 0 Å². The summed E-state index contributed by atoms with van der Waals surface area (Å²) in [6.07, 6.45) is 8.54. The van der Waals surface area contributed by atoms with E-state index in [0.717, 1.165) is 5.25 Å². The van der Waals surface area contributed by atoms with Crippen molar-refractivity contribution in [2.24, 2.45) is 0 Å². The minimum Gasteiger partial charge on any atom is -0.265 e. The van der Waals surface area contributed by atoms with Gasteiger partial charge in [-0.05, 0) is 30.5 Å². The topological polar surface area (TPSA) is 12.9 Å². The van der Waals surface area contributed by atoms with E-state index in [1.165, 1.54) is 23.3 Å². The van der Waals surface area contributed by atoms with Crippen molar-refractivity contribution in [3.05, 3.63) is 36.2 Å². The molecule has 0 amide bonds. The molecule has 0 aliphatic carbocycles. The van der Waals surface area contributed by atoms with E-state index in [4.69, 9.17) is 0 Å². The molecule has 1 nitrogen and oxygen atoms in total. The van der Waals surface area contributed by atoms with Crippen molar-refractivity contribution in [1.82, 2.24) is 4.98 Å². The van der Waals surface area contributed by atoms with E-state index < -0.39 is 0 Å². The number of hydrogen-bond donors (Lipinski definition) is 0. The molecule has 0 fully saturated rings. The lowest BCUT2D eigenvalue weighted by Crippen LogP contribution is -1.91. The summed E-state index contributed by atoms with van der Waals surface area (Å²) in [5.41, 5.74) is 1.32. The first-order valence-corrected chi connectivity index (χ1v) is 5.55. The van der Waals surface area contributed by atoms with Crippen LogP contribution in [0.15, 0.2) is 30.6 Å². The predicted octanol–water partition coefficient (Wildman–Crippen LogP) is 3.34. The van der Waals surface area contributed by atoms with E-state index in [1.807, 2.05) is 24.2 Å². The monoisotopic (exact) mass is 191 g/mol. The Labute approximate surface area is 83.3 Å². The summed E-state index contributed by atoms with van der Waals surface area (Å²) < 4.78 is 0. The molecule has 2 heterocycles. The van der Waals surface area contributed by atoms with Gasteiger partial charge in [-0.2, -0.15) is 0 Å². The van der Waals surface area contributed by atoms with E-state index in [1.54, 1.807) is 0 Å². The predicted molar refractivity (Wildman–Crippen MR) is 58.5 cm³/mol. The van der Waals surface area contributed by atoms with Gasteiger partial charge in [0.1, 0.15) is 0 Å². The molecule has 0 bridgehead atoms. The maximum absolute atomic E-state index is 4.02. The standard InChI is InChI=1S/C11H13NS/c1-2-10-3-4-11(13-10)9-5-7-12-8-6-9/h4-8,10H,2-3H2,1H3. The average molecular weight is 191 g/mol. The quantitative estimate of drug-likeness (QED) is 0.711. The van der Waals surface area contributed by atoms with E-state index in [0.29, 0.717) is 0 Å². The van der Waals surface area contributed by atoms with Gasteiger partial charge in [0.05, 0.1) is 0 Å². The maximum atomic E-state index is 4.02. The Balaban J connectivity index is 2.12. The van der Waals surface area contributed by atoms with Gasteiger partial charge in [-0.1, -0.05) is 13.0 Å². The molecular weight excluding hydrogens is 178 g/mol. The third-order valence-electron chi connectivity index (χ3n) is 2.28. The lowest BCUT2D eigenvalue weighted by atomic mass is 10.2. The number of rotatable bonds is 2. The lowest BCUT2D eigenvalue weighted by molar-refractivity contribution is 0.849. The van der Waals surface area contributed by atoms with Gasteiger partial charge in [-0.3, -0.25) is 4.98 Å². The molecule has 0 aromatic carbocycles. The maximum Gasteiger partial charge on any atom is 0.0274 e. The zero-order valence-corrected chi connectivity index (χ0v) is 8.55. The minimum absolute atomic E-state index is 0.795. The molecule has 1 aliphatic rings. The summed E-state index contributed by atoms with van der Waals surface area (Å²) in [6, 6.07) is 4.16. The van der Waals surface area contributed by atoms with Crippen LogP contribution >= 0.6 is 11.8 Å². The summed E-state index contributed by atoms with van der Waals surface area (Å²) in [5.74, 6) is 0. The van der Waals surface area contributed by atoms with E-state index in [9.17, 15) is 0 Å². The van der Waals surface area contributed by atoms with Crippen LogP contribution in [0.4, 0.5) is 0 Å². The van der Waals surface area contributed by atoms with Gasteiger partial charge < -0.3 is 0 Å². The van der Waals surface area contributed by atoms with Gasteiger partial charge in [0.25, 0.3) is 0 Å². The summed E-state index contributed by atoms with van der Waals surface area (Å²) in [5, 5.41) is 0.795. The van der Waals surface area contributed by atoms with E-state index in [2.05, 4.69) is 30.1 Å². The van der Waals surface area contributed by atoms with Gasteiger partial charge in [0.15, 0.2) is 0 Å². The molecule has 68 valence electrons. The van der Waals surface area contributed by atoms with Crippen LogP contribution in [0.25, 0.3) is 4.91 Å². The molecule has 2 rings (SSSR count). The zero-order valence-electron chi connectivity index (χ0n) is 7.73. The summed E-state index contributed by atoms with van der Waals surface area (Å²) in [4.78, 5) is 5.44. The highest BCUT2D eigenvalue weighted by atomic mass is 32.2. The van der Waals surface area contributed by atoms with Crippen molar-refractivity contribution in [2.45, 2.75) is 25.0 Å². The van der Waals surface area contributed by atoms with Crippen molar-refractivity contribution in [2.75, 3.05) is 0 Å². The molecule has 1 unspecified atom stereocenters. The smallest absolute Gasteiger partial charge is 0.0274 e. The fraction of sp³-hybridized carbons (Fsp3) is 0.364. The van der Waals surface area contributed by atoms with Crippen LogP contribution in [0, 0.1) is 0 Å². The van der Waals surface area contributed by atoms with Gasteiger partial charge in [0, 0.05) is 22.5 Å². The summed E-state index contributed by atoms with van der Waals surface area (Å²) in [7, 11) is 0. The largest absolute Gasteiger partial charge is 0.265 e. The molecule has 0 spiro atoms. The molecule has 1 aromatic rings. The first-order chi connectivity index (χ1) is 6.40. The highest BCUT2D eigenvalue weighted by Gasteiger charge is 2.16. The molecule has 1 aromatic heterocycles. The third-order valence-corrected chi connectivity index (χ3v) is 3.80. The second kappa shape index (κ2) is 3.97. The van der Waals surface area contributed by atoms with Gasteiger partial charge in [0.2, 0.25) is 0 Å². The molecule has 0 saturated heterocycles. The Morgan fingerprint density at radius 3 is 2.85 bits per heavy atom. The number of hydrogen-bond acceptors (Lipinski definition) is 2. The lowest BCUT2D eigenvalue weighted by Gasteiger charge is -2.05. The molecule has 0 saturated carbocycles. The van der Waals surface area contributed by atoms with Crippen LogP contribution in [0.2, 0.25) is 0 Å². The van der Waals surface area contributed by atoms with Gasteiger partial charge in [-0.15, -0.1) is 11.8 Å². The number of allylic oxidation sites excluding steroid dienone is 1. The highest BCUT2D eigenvalue weighted by Crippen LogP contribution is 2.40. The van der Waals surface area contributed by atoms with Crippen LogP contribution in [0.3, 0.4) is 0 Å². The van der Waals surface area contributed by atoms with Crippen molar-refractivity contribution in [1.29, 1.82) is 0 Å². The zero-order chi connectivity index (χ0) is 9.10. The molecule has 0 radical (unpaired) electrons. The van der Waals surface area contributed by atoms with E-state index >= 15 is 0 Å². The van der Waals surface area contributed by atoms with Gasteiger partial charge >= 0.3 is 0 Å². The van der Waals surface area contributed by atoms with E-state index in [-0.39, 0.29) is 0 Å². The third kappa shape index (κ3) is 1.94. The molecule has 1 atom stereocenters. The Morgan fingerprint density at radius 2 is 2.23 bits per heavy atom. The summed E-state index contributed by atoms with van der Waals surface area (Å²) >= 11 is 2.00. The number of aromatic nitrogens is 1. The summed E-state index contributed by atoms with van der Waals surface area (Å²) in [6.45, 7) is 2.25. The van der Waals surface area contributed by atoms with Crippen molar-refractivity contribution in [3.63, 3.8) is 0 Å². The van der Waals surface area contributed by atoms with Crippen LogP contribution in [0.5, 0.6) is 0 Å². The first-order valence-electron chi connectivity index (χ1n) is 4.67. The van der Waals surface area contributed by atoms with Gasteiger partial charge in [-0.25, -0.2) is 0 Å². The highest BCUT2D eigenvalue weighted by molar-refractivity contribution is 8.09. The van der Waals surface area contributed by atoms with Crippen LogP contribution in [0.1, 0.15) is 25.3 Å². The second-order valence-corrected chi connectivity index (χ2v) is 4.53. The average Bonchev–Trinajstić information content (AvgIpc) is 2.67. The Hall–Kier alpha value is -0.760. The minimum atomic E-state index is 0.795. The first kappa shape index (κ1) is 8.82. The Bertz CT molecular complexity index is 305. The fourth-order valence-corrected chi connectivity index (χ4v) is 2.65. The van der Waals surface area contributed by atoms with Crippen LogP contribution in [-0.4, -0.2) is 10.2 Å². The van der Waals surface area contributed by atoms with Crippen LogP contribution in [-0.2, 0) is 0 Å².